The first-order valence-electron chi connectivity index (χ1n) is 15.8. The van der Waals surface area contributed by atoms with E-state index in [0.717, 1.165) is 57.7 Å². The summed E-state index contributed by atoms with van der Waals surface area (Å²) in [6.45, 7) is 10.1. The van der Waals surface area contributed by atoms with Gasteiger partial charge in [0.05, 0.1) is 16.8 Å². The number of hydrogen-bond donors (Lipinski definition) is 0. The molecule has 0 radical (unpaired) electrons. The molecule has 2 heterocycles. The largest absolute Gasteiger partial charge is 0.466 e. The second kappa shape index (κ2) is 11.7. The van der Waals surface area contributed by atoms with Gasteiger partial charge in [0, 0.05) is 38.2 Å². The van der Waals surface area contributed by atoms with Crippen molar-refractivity contribution in [2.75, 3.05) is 44.2 Å². The number of likely N-dealkylation sites (tertiary alicyclic amines) is 1. The van der Waals surface area contributed by atoms with Crippen molar-refractivity contribution in [3.8, 4) is 0 Å². The van der Waals surface area contributed by atoms with Gasteiger partial charge in [-0.3, -0.25) is 4.79 Å². The minimum absolute atomic E-state index is 0.0844. The first kappa shape index (κ1) is 28.7. The monoisotopic (exact) mass is 578 g/mol. The van der Waals surface area contributed by atoms with E-state index in [-0.39, 0.29) is 16.6 Å². The van der Waals surface area contributed by atoms with Gasteiger partial charge < -0.3 is 14.5 Å². The molecule has 41 heavy (non-hydrogen) atoms. The fourth-order valence-corrected chi connectivity index (χ4v) is 9.85. The van der Waals surface area contributed by atoms with Gasteiger partial charge in [-0.15, -0.1) is 0 Å². The Hall–Kier alpha value is -2.38. The lowest BCUT2D eigenvalue weighted by molar-refractivity contribution is -0.143. The molecule has 2 aliphatic heterocycles. The van der Waals surface area contributed by atoms with Crippen LogP contribution in [0.4, 0.5) is 5.69 Å². The SMILES string of the molecule is CC(=O)OC[C@@H]1CCC[C@H]1C(C)(c1ccccc1)C1CCN(CC2CN(c3ccc(S(=O)(=O)C4CC4)cc3)C2)CC1. The average molecular weight is 579 g/mol. The van der Waals surface area contributed by atoms with Gasteiger partial charge in [-0.2, -0.15) is 0 Å². The Labute approximate surface area is 246 Å². The highest BCUT2D eigenvalue weighted by atomic mass is 32.2. The van der Waals surface area contributed by atoms with E-state index in [1.54, 1.807) is 12.1 Å². The van der Waals surface area contributed by atoms with E-state index < -0.39 is 9.84 Å². The Bertz CT molecular complexity index is 1300. The molecule has 2 aromatic rings. The van der Waals surface area contributed by atoms with Crippen molar-refractivity contribution in [2.45, 2.75) is 74.4 Å². The average Bonchev–Trinajstić information content (AvgIpc) is 3.73. The highest BCUT2D eigenvalue weighted by Gasteiger charge is 2.48. The number of hydrogen-bond acceptors (Lipinski definition) is 6. The second-order valence-electron chi connectivity index (χ2n) is 13.3. The van der Waals surface area contributed by atoms with Crippen LogP contribution in [0.15, 0.2) is 59.5 Å². The molecule has 2 aliphatic carbocycles. The third kappa shape index (κ3) is 5.94. The van der Waals surface area contributed by atoms with Crippen LogP contribution in [0, 0.1) is 23.7 Å². The van der Waals surface area contributed by atoms with Gasteiger partial charge in [0.25, 0.3) is 0 Å². The summed E-state index contributed by atoms with van der Waals surface area (Å²) in [7, 11) is -3.12. The van der Waals surface area contributed by atoms with Crippen LogP contribution < -0.4 is 4.90 Å². The number of carbonyl (C=O) groups excluding carboxylic acids is 1. The molecule has 222 valence electrons. The lowest BCUT2D eigenvalue weighted by Crippen LogP contribution is -2.53. The first-order valence-corrected chi connectivity index (χ1v) is 17.3. The third-order valence-corrected chi connectivity index (χ3v) is 13.0. The van der Waals surface area contributed by atoms with Gasteiger partial charge >= 0.3 is 5.97 Å². The Balaban J connectivity index is 1.04. The number of rotatable bonds is 10. The zero-order chi connectivity index (χ0) is 28.6. The summed E-state index contributed by atoms with van der Waals surface area (Å²) < 4.78 is 30.6. The van der Waals surface area contributed by atoms with Crippen LogP contribution in [0.25, 0.3) is 0 Å². The Kier molecular flexibility index (Phi) is 8.21. The molecule has 7 heteroatoms. The molecule has 0 spiro atoms. The lowest BCUT2D eigenvalue weighted by Gasteiger charge is -2.49. The van der Waals surface area contributed by atoms with Gasteiger partial charge in [-0.25, -0.2) is 8.42 Å². The third-order valence-electron chi connectivity index (χ3n) is 10.7. The molecule has 3 atom stereocenters. The van der Waals surface area contributed by atoms with Crippen molar-refractivity contribution >= 4 is 21.5 Å². The smallest absolute Gasteiger partial charge is 0.302 e. The standard InChI is InChI=1S/C34H46N2O4S/c1-25(37)40-24-27-7-6-10-33(27)34(2,28-8-4-3-5-9-28)29-17-19-35(20-18-29)21-26-22-36(23-26)30-11-13-31(14-12-30)41(38,39)32-15-16-32/h3-5,8-9,11-14,26-27,29,32-33H,6-7,10,15-24H2,1-2H3/t27-,33+,34?/m0/s1. The summed E-state index contributed by atoms with van der Waals surface area (Å²) >= 11 is 0. The van der Waals surface area contributed by atoms with Crippen LogP contribution in [0.1, 0.15) is 64.4 Å². The molecule has 6 rings (SSSR count). The van der Waals surface area contributed by atoms with Gasteiger partial charge in [-0.05, 0) is 105 Å². The van der Waals surface area contributed by atoms with Crippen molar-refractivity contribution in [1.82, 2.24) is 4.90 Å². The lowest BCUT2D eigenvalue weighted by atomic mass is 9.58. The maximum absolute atomic E-state index is 12.5. The summed E-state index contributed by atoms with van der Waals surface area (Å²) in [6.07, 6.45) is 7.59. The number of benzene rings is 2. The highest BCUT2D eigenvalue weighted by molar-refractivity contribution is 7.92. The Morgan fingerprint density at radius 3 is 2.24 bits per heavy atom. The van der Waals surface area contributed by atoms with Gasteiger partial charge in [0.1, 0.15) is 0 Å². The first-order chi connectivity index (χ1) is 19.7. The zero-order valence-corrected chi connectivity index (χ0v) is 25.5. The highest BCUT2D eigenvalue weighted by Crippen LogP contribution is 2.52. The number of sulfone groups is 1. The molecule has 0 amide bonds. The Morgan fingerprint density at radius 2 is 1.61 bits per heavy atom. The fourth-order valence-electron chi connectivity index (χ4n) is 8.19. The molecule has 0 aromatic heterocycles. The number of nitrogens with zero attached hydrogens (tertiary/aromatic N) is 2. The Morgan fingerprint density at radius 1 is 0.927 bits per heavy atom. The summed E-state index contributed by atoms with van der Waals surface area (Å²) in [5, 5.41) is -0.156. The van der Waals surface area contributed by atoms with E-state index in [1.165, 1.54) is 38.2 Å². The topological polar surface area (TPSA) is 66.9 Å². The number of esters is 1. The number of piperidine rings is 1. The van der Waals surface area contributed by atoms with Crippen molar-refractivity contribution in [3.63, 3.8) is 0 Å². The van der Waals surface area contributed by atoms with E-state index in [2.05, 4.69) is 47.1 Å². The van der Waals surface area contributed by atoms with E-state index in [9.17, 15) is 13.2 Å². The zero-order valence-electron chi connectivity index (χ0n) is 24.7. The van der Waals surface area contributed by atoms with Crippen molar-refractivity contribution < 1.29 is 17.9 Å². The van der Waals surface area contributed by atoms with Gasteiger partial charge in [0.2, 0.25) is 0 Å². The van der Waals surface area contributed by atoms with Crippen molar-refractivity contribution in [1.29, 1.82) is 0 Å². The molecule has 1 unspecified atom stereocenters. The van der Waals surface area contributed by atoms with E-state index in [0.29, 0.717) is 35.2 Å². The van der Waals surface area contributed by atoms with Crippen LogP contribution in [-0.4, -0.2) is 63.9 Å². The maximum Gasteiger partial charge on any atom is 0.302 e. The fraction of sp³-hybridized carbons (Fsp3) is 0.618. The predicted octanol–water partition coefficient (Wildman–Crippen LogP) is 5.71. The maximum atomic E-state index is 12.5. The van der Waals surface area contributed by atoms with Crippen molar-refractivity contribution in [2.24, 2.45) is 23.7 Å². The van der Waals surface area contributed by atoms with Crippen molar-refractivity contribution in [3.05, 3.63) is 60.2 Å². The van der Waals surface area contributed by atoms with Crippen LogP contribution in [0.2, 0.25) is 0 Å². The molecule has 6 nitrogen and oxygen atoms in total. The van der Waals surface area contributed by atoms with Crippen LogP contribution >= 0.6 is 0 Å². The summed E-state index contributed by atoms with van der Waals surface area (Å²) in [6, 6.07) is 18.7. The molecule has 2 aromatic carbocycles. The summed E-state index contributed by atoms with van der Waals surface area (Å²) in [5.41, 5.74) is 2.66. The van der Waals surface area contributed by atoms with E-state index in [1.807, 2.05) is 12.1 Å². The summed E-state index contributed by atoms with van der Waals surface area (Å²) in [4.78, 5) is 17.1. The minimum Gasteiger partial charge on any atom is -0.466 e. The minimum atomic E-state index is -3.12. The van der Waals surface area contributed by atoms with Crippen LogP contribution in [-0.2, 0) is 24.8 Å². The predicted molar refractivity (Wildman–Crippen MR) is 163 cm³/mol. The molecular weight excluding hydrogens is 532 g/mol. The van der Waals surface area contributed by atoms with Gasteiger partial charge in [-0.1, -0.05) is 43.7 Å². The van der Waals surface area contributed by atoms with Crippen LogP contribution in [0.5, 0.6) is 0 Å². The number of anilines is 1. The summed E-state index contributed by atoms with van der Waals surface area (Å²) in [5.74, 6) is 2.08. The number of ether oxygens (including phenoxy) is 1. The second-order valence-corrected chi connectivity index (χ2v) is 15.6. The molecule has 4 fully saturated rings. The molecule has 0 N–H and O–H groups in total. The quantitative estimate of drug-likeness (QED) is 0.337. The van der Waals surface area contributed by atoms with Crippen LogP contribution in [0.3, 0.4) is 0 Å². The van der Waals surface area contributed by atoms with E-state index in [4.69, 9.17) is 4.74 Å². The van der Waals surface area contributed by atoms with E-state index >= 15 is 0 Å². The normalized spacial score (nSPS) is 26.0. The molecule has 4 aliphatic rings. The number of carbonyl (C=O) groups is 1. The molecule has 2 saturated heterocycles. The molecular formula is C34H46N2O4S. The molecule has 0 bridgehead atoms. The van der Waals surface area contributed by atoms with Gasteiger partial charge in [0.15, 0.2) is 9.84 Å². The molecule has 2 saturated carbocycles.